The highest BCUT2D eigenvalue weighted by molar-refractivity contribution is 7.21. The molecule has 5 heterocycles. The largest absolute Gasteiger partial charge is 0.439 e. The molecule has 1 aromatic carbocycles. The number of likely N-dealkylation sites (tertiary alicyclic amines) is 1. The predicted molar refractivity (Wildman–Crippen MR) is 144 cm³/mol. The van der Waals surface area contributed by atoms with E-state index in [1.807, 2.05) is 12.1 Å². The normalized spacial score (nSPS) is 16.3. The molecule has 3 aromatic heterocycles. The Bertz CT molecular complexity index is 1570. The number of thiophene rings is 1. The van der Waals surface area contributed by atoms with Gasteiger partial charge in [0.05, 0.1) is 22.4 Å². The van der Waals surface area contributed by atoms with E-state index in [9.17, 15) is 14.4 Å². The highest BCUT2D eigenvalue weighted by Gasteiger charge is 2.34. The Labute approximate surface area is 221 Å². The Hall–Kier alpha value is -4.77. The fraction of sp³-hybridized carbons (Fsp3) is 0.148. The molecule has 10 nitrogen and oxygen atoms in total. The molecule has 190 valence electrons. The molecule has 1 atom stereocenters. The second-order valence-electron chi connectivity index (χ2n) is 8.79. The van der Waals surface area contributed by atoms with Crippen molar-refractivity contribution in [3.8, 4) is 11.6 Å². The van der Waals surface area contributed by atoms with E-state index in [0.29, 0.717) is 63.3 Å². The fourth-order valence-electron chi connectivity index (χ4n) is 4.65. The molecule has 4 aromatic rings. The summed E-state index contributed by atoms with van der Waals surface area (Å²) < 4.78 is 5.76. The van der Waals surface area contributed by atoms with Gasteiger partial charge in [-0.05, 0) is 48.9 Å². The van der Waals surface area contributed by atoms with Crippen LogP contribution in [0.15, 0.2) is 73.6 Å². The van der Waals surface area contributed by atoms with Crippen LogP contribution in [-0.4, -0.2) is 51.8 Å². The van der Waals surface area contributed by atoms with E-state index >= 15 is 0 Å². The minimum atomic E-state index is -0.389. The Morgan fingerprint density at radius 2 is 1.97 bits per heavy atom. The van der Waals surface area contributed by atoms with E-state index < -0.39 is 0 Å². The molecule has 4 amide bonds. The summed E-state index contributed by atoms with van der Waals surface area (Å²) in [6, 6.07) is 13.7. The molecule has 0 spiro atoms. The lowest BCUT2D eigenvalue weighted by molar-refractivity contribution is -0.125. The number of aromatic nitrogens is 2. The minimum Gasteiger partial charge on any atom is -0.439 e. The van der Waals surface area contributed by atoms with Gasteiger partial charge in [-0.3, -0.25) is 14.5 Å². The number of carbonyl (C=O) groups excluding carboxylic acids is 3. The van der Waals surface area contributed by atoms with Crippen LogP contribution in [0.3, 0.4) is 0 Å². The van der Waals surface area contributed by atoms with E-state index in [0.717, 1.165) is 0 Å². The average molecular weight is 527 g/mol. The molecule has 1 fully saturated rings. The second-order valence-corrected chi connectivity index (χ2v) is 9.79. The molecule has 1 unspecified atom stereocenters. The maximum absolute atomic E-state index is 13.3. The van der Waals surface area contributed by atoms with Gasteiger partial charge in [0.2, 0.25) is 11.8 Å². The van der Waals surface area contributed by atoms with E-state index in [1.165, 1.54) is 17.4 Å². The van der Waals surface area contributed by atoms with E-state index in [-0.39, 0.29) is 23.9 Å². The second kappa shape index (κ2) is 9.60. The van der Waals surface area contributed by atoms with Crippen LogP contribution in [0, 0.1) is 0 Å². The number of urea groups is 1. The monoisotopic (exact) mass is 526 g/mol. The molecule has 2 aliphatic heterocycles. The Balaban J connectivity index is 1.27. The lowest BCUT2D eigenvalue weighted by Gasteiger charge is -2.28. The van der Waals surface area contributed by atoms with Gasteiger partial charge in [0.15, 0.2) is 0 Å². The molecular weight excluding hydrogens is 504 g/mol. The highest BCUT2D eigenvalue weighted by atomic mass is 32.1. The van der Waals surface area contributed by atoms with Crippen LogP contribution < -0.4 is 20.3 Å². The van der Waals surface area contributed by atoms with Gasteiger partial charge in [0, 0.05) is 37.6 Å². The van der Waals surface area contributed by atoms with E-state index in [2.05, 4.69) is 27.2 Å². The number of rotatable bonds is 6. The van der Waals surface area contributed by atoms with Crippen LogP contribution >= 0.6 is 11.3 Å². The van der Waals surface area contributed by atoms with Gasteiger partial charge in [0.1, 0.15) is 15.5 Å². The van der Waals surface area contributed by atoms with Gasteiger partial charge in [-0.15, -0.1) is 11.3 Å². The third-order valence-electron chi connectivity index (χ3n) is 6.42. The molecular formula is C27H22N6O4S. The van der Waals surface area contributed by atoms with Gasteiger partial charge in [0.25, 0.3) is 5.91 Å². The van der Waals surface area contributed by atoms with Crippen molar-refractivity contribution in [2.75, 3.05) is 23.3 Å². The maximum Gasteiger partial charge on any atom is 0.331 e. The molecule has 0 aliphatic carbocycles. The first-order chi connectivity index (χ1) is 18.5. The SMILES string of the molecule is C=CC(=O)N1CCC(NC(=O)c2sc3nccc4c3c2NC(=O)N4c2ccc(Oc3ccccn3)cc2)C1. The van der Waals surface area contributed by atoms with Crippen molar-refractivity contribution in [1.82, 2.24) is 20.2 Å². The van der Waals surface area contributed by atoms with Crippen molar-refractivity contribution < 1.29 is 19.1 Å². The van der Waals surface area contributed by atoms with E-state index in [4.69, 9.17) is 4.74 Å². The van der Waals surface area contributed by atoms with Crippen LogP contribution in [-0.2, 0) is 4.79 Å². The number of nitrogens with one attached hydrogen (secondary N) is 2. The minimum absolute atomic E-state index is 0.156. The molecule has 0 bridgehead atoms. The number of ether oxygens (including phenoxy) is 1. The summed E-state index contributed by atoms with van der Waals surface area (Å²) >= 11 is 1.22. The Morgan fingerprint density at radius 3 is 2.74 bits per heavy atom. The first kappa shape index (κ1) is 23.6. The molecule has 1 saturated heterocycles. The topological polar surface area (TPSA) is 117 Å². The molecule has 2 aliphatic rings. The highest BCUT2D eigenvalue weighted by Crippen LogP contribution is 2.45. The van der Waals surface area contributed by atoms with Crippen molar-refractivity contribution in [3.05, 3.63) is 78.5 Å². The van der Waals surface area contributed by atoms with Crippen molar-refractivity contribution in [1.29, 1.82) is 0 Å². The number of anilines is 3. The molecule has 6 rings (SSSR count). The van der Waals surface area contributed by atoms with Crippen LogP contribution in [0.2, 0.25) is 0 Å². The zero-order chi connectivity index (χ0) is 26.2. The number of carbonyl (C=O) groups is 3. The van der Waals surface area contributed by atoms with Gasteiger partial charge >= 0.3 is 6.03 Å². The first-order valence-corrected chi connectivity index (χ1v) is 12.8. The van der Waals surface area contributed by atoms with Crippen LogP contribution in [0.5, 0.6) is 11.6 Å². The predicted octanol–water partition coefficient (Wildman–Crippen LogP) is 4.68. The Kier molecular flexibility index (Phi) is 5.97. The maximum atomic E-state index is 13.3. The number of nitrogens with zero attached hydrogens (tertiary/aromatic N) is 4. The van der Waals surface area contributed by atoms with Crippen molar-refractivity contribution in [2.24, 2.45) is 0 Å². The van der Waals surface area contributed by atoms with Gasteiger partial charge in [-0.2, -0.15) is 0 Å². The zero-order valence-corrected chi connectivity index (χ0v) is 20.9. The number of pyridine rings is 2. The average Bonchev–Trinajstić information content (AvgIpc) is 3.55. The van der Waals surface area contributed by atoms with Crippen molar-refractivity contribution in [3.63, 3.8) is 0 Å². The van der Waals surface area contributed by atoms with Crippen molar-refractivity contribution >= 4 is 56.5 Å². The summed E-state index contributed by atoms with van der Waals surface area (Å²) in [4.78, 5) is 51.3. The summed E-state index contributed by atoms with van der Waals surface area (Å²) in [5, 5.41) is 6.59. The number of benzene rings is 1. The summed E-state index contributed by atoms with van der Waals surface area (Å²) in [6.45, 7) is 4.49. The van der Waals surface area contributed by atoms with Gasteiger partial charge in [-0.25, -0.2) is 14.8 Å². The Morgan fingerprint density at radius 1 is 1.13 bits per heavy atom. The smallest absolute Gasteiger partial charge is 0.331 e. The van der Waals surface area contributed by atoms with Crippen molar-refractivity contribution in [2.45, 2.75) is 12.5 Å². The third-order valence-corrected chi connectivity index (χ3v) is 7.51. The quantitative estimate of drug-likeness (QED) is 0.352. The zero-order valence-electron chi connectivity index (χ0n) is 20.1. The standard InChI is InChI=1S/C27H22N6O4S/c1-2-21(34)32-14-11-16(15-32)30-25(35)24-23-22-19(10-13-29-26(22)38-24)33(27(36)31-23)17-6-8-18(9-7-17)37-20-5-3-4-12-28-20/h2-10,12-13,16H,1,11,14-15H2,(H,30,35)(H,31,36). The fourth-order valence-corrected chi connectivity index (χ4v) is 5.67. The number of hydrogen-bond acceptors (Lipinski definition) is 7. The number of hydrogen-bond donors (Lipinski definition) is 2. The molecule has 2 N–H and O–H groups in total. The molecule has 11 heteroatoms. The molecule has 0 radical (unpaired) electrons. The lowest BCUT2D eigenvalue weighted by atomic mass is 10.1. The summed E-state index contributed by atoms with van der Waals surface area (Å²) in [5.74, 6) is 0.589. The van der Waals surface area contributed by atoms with Crippen LogP contribution in [0.25, 0.3) is 10.2 Å². The lowest BCUT2D eigenvalue weighted by Crippen LogP contribution is -2.39. The third kappa shape index (κ3) is 4.22. The van der Waals surface area contributed by atoms with Crippen LogP contribution in [0.4, 0.5) is 21.9 Å². The van der Waals surface area contributed by atoms with Gasteiger partial charge < -0.3 is 20.3 Å². The first-order valence-electron chi connectivity index (χ1n) is 12.0. The number of amides is 4. The summed E-state index contributed by atoms with van der Waals surface area (Å²) in [5.41, 5.74) is 1.70. The van der Waals surface area contributed by atoms with Crippen LogP contribution in [0.1, 0.15) is 16.1 Å². The van der Waals surface area contributed by atoms with E-state index in [1.54, 1.807) is 58.6 Å². The van der Waals surface area contributed by atoms with Gasteiger partial charge in [-0.1, -0.05) is 12.6 Å². The summed E-state index contributed by atoms with van der Waals surface area (Å²) in [7, 11) is 0. The molecule has 0 saturated carbocycles. The summed E-state index contributed by atoms with van der Waals surface area (Å²) in [6.07, 6.45) is 5.19. The molecule has 38 heavy (non-hydrogen) atoms.